The van der Waals surface area contributed by atoms with Gasteiger partial charge in [0.2, 0.25) is 17.7 Å². The predicted molar refractivity (Wildman–Crippen MR) is 101 cm³/mol. The maximum Gasteiger partial charge on any atom is 0.308 e. The van der Waals surface area contributed by atoms with Crippen LogP contribution in [0, 0.1) is 11.8 Å². The summed E-state index contributed by atoms with van der Waals surface area (Å²) in [6, 6.07) is 8.93. The van der Waals surface area contributed by atoms with E-state index in [2.05, 4.69) is 5.32 Å². The van der Waals surface area contributed by atoms with Gasteiger partial charge >= 0.3 is 5.97 Å². The molecule has 1 aromatic rings. The van der Waals surface area contributed by atoms with E-state index in [-0.39, 0.29) is 43.0 Å². The third-order valence-corrected chi connectivity index (χ3v) is 5.32. The lowest BCUT2D eigenvalue weighted by Gasteiger charge is -2.19. The van der Waals surface area contributed by atoms with Crippen molar-refractivity contribution in [3.8, 4) is 0 Å². The van der Waals surface area contributed by atoms with E-state index in [1.54, 1.807) is 24.3 Å². The molecule has 2 unspecified atom stereocenters. The molecule has 1 saturated heterocycles. The highest BCUT2D eigenvalue weighted by Crippen LogP contribution is 2.37. The van der Waals surface area contributed by atoms with Crippen molar-refractivity contribution in [1.29, 1.82) is 0 Å². The van der Waals surface area contributed by atoms with Crippen LogP contribution in [0.25, 0.3) is 0 Å². The Bertz CT molecular complexity index is 783. The van der Waals surface area contributed by atoms with Gasteiger partial charge < -0.3 is 4.74 Å². The smallest absolute Gasteiger partial charge is 0.308 e. The lowest BCUT2D eigenvalue weighted by molar-refractivity contribution is -0.151. The van der Waals surface area contributed by atoms with E-state index < -0.39 is 24.4 Å². The number of amides is 4. The van der Waals surface area contributed by atoms with Crippen LogP contribution < -0.4 is 5.32 Å². The van der Waals surface area contributed by atoms with Gasteiger partial charge in [-0.1, -0.05) is 43.2 Å². The Morgan fingerprint density at radius 3 is 2.21 bits per heavy atom. The van der Waals surface area contributed by atoms with Crippen LogP contribution in [-0.2, 0) is 35.1 Å². The molecule has 0 aromatic heterocycles. The van der Waals surface area contributed by atoms with Gasteiger partial charge in [-0.25, -0.2) is 0 Å². The second-order valence-corrected chi connectivity index (χ2v) is 7.37. The minimum Gasteiger partial charge on any atom is -0.456 e. The fourth-order valence-electron chi connectivity index (χ4n) is 3.89. The average molecular weight is 400 g/mol. The Balaban J connectivity index is 1.37. The molecule has 29 heavy (non-hydrogen) atoms. The lowest BCUT2D eigenvalue weighted by Crippen LogP contribution is -2.36. The van der Waals surface area contributed by atoms with E-state index in [1.807, 2.05) is 6.07 Å². The lowest BCUT2D eigenvalue weighted by atomic mass is 9.81. The molecular weight excluding hydrogens is 376 g/mol. The van der Waals surface area contributed by atoms with Crippen molar-refractivity contribution in [2.75, 3.05) is 13.2 Å². The molecule has 2 fully saturated rings. The van der Waals surface area contributed by atoms with Crippen LogP contribution >= 0.6 is 0 Å². The molecule has 8 nitrogen and oxygen atoms in total. The van der Waals surface area contributed by atoms with Crippen LogP contribution in [0.5, 0.6) is 0 Å². The van der Waals surface area contributed by atoms with Crippen molar-refractivity contribution in [1.82, 2.24) is 10.2 Å². The molecule has 3 rings (SSSR count). The van der Waals surface area contributed by atoms with Gasteiger partial charge in [0.25, 0.3) is 5.91 Å². The van der Waals surface area contributed by atoms with Crippen molar-refractivity contribution in [2.24, 2.45) is 11.8 Å². The minimum absolute atomic E-state index is 0.0436. The molecular formula is C21H24N2O6. The number of ether oxygens (including phenoxy) is 1. The first-order valence-electron chi connectivity index (χ1n) is 9.83. The molecule has 0 spiro atoms. The second kappa shape index (κ2) is 9.45. The molecule has 2 atom stereocenters. The van der Waals surface area contributed by atoms with Crippen molar-refractivity contribution in [3.05, 3.63) is 35.9 Å². The number of likely N-dealkylation sites (tertiary alicyclic amines) is 1. The summed E-state index contributed by atoms with van der Waals surface area (Å²) in [5.41, 5.74) is 0.760. The van der Waals surface area contributed by atoms with Gasteiger partial charge in [-0.2, -0.15) is 0 Å². The summed E-state index contributed by atoms with van der Waals surface area (Å²) in [5, 5.41) is 2.16. The highest BCUT2D eigenvalue weighted by molar-refractivity contribution is 6.05. The molecule has 1 heterocycles. The molecule has 154 valence electrons. The number of imide groups is 2. The summed E-state index contributed by atoms with van der Waals surface area (Å²) in [6.45, 7) is -0.634. The minimum atomic E-state index is -0.723. The largest absolute Gasteiger partial charge is 0.456 e. The molecule has 4 amide bonds. The first kappa shape index (κ1) is 20.7. The summed E-state index contributed by atoms with van der Waals surface area (Å²) in [6.07, 6.45) is 3.17. The van der Waals surface area contributed by atoms with E-state index in [9.17, 15) is 24.0 Å². The molecule has 1 aliphatic heterocycles. The number of carbonyl (C=O) groups excluding carboxylic acids is 5. The van der Waals surface area contributed by atoms with Crippen molar-refractivity contribution >= 4 is 29.6 Å². The first-order valence-corrected chi connectivity index (χ1v) is 9.83. The third kappa shape index (κ3) is 5.28. The fraction of sp³-hybridized carbons (Fsp3) is 0.476. The summed E-state index contributed by atoms with van der Waals surface area (Å²) in [7, 11) is 0. The Morgan fingerprint density at radius 1 is 0.966 bits per heavy atom. The summed E-state index contributed by atoms with van der Waals surface area (Å²) < 4.78 is 4.85. The van der Waals surface area contributed by atoms with Crippen molar-refractivity contribution in [2.45, 2.75) is 38.5 Å². The Kier molecular flexibility index (Phi) is 6.74. The van der Waals surface area contributed by atoms with Gasteiger partial charge in [0, 0.05) is 6.54 Å². The first-order chi connectivity index (χ1) is 14.0. The van der Waals surface area contributed by atoms with Crippen LogP contribution in [0.15, 0.2) is 30.3 Å². The number of hydrogen-bond acceptors (Lipinski definition) is 6. The number of fused-ring (bicyclic) bond motifs is 1. The summed E-state index contributed by atoms with van der Waals surface area (Å²) in [5.74, 6) is -2.85. The molecule has 1 N–H and O–H groups in total. The van der Waals surface area contributed by atoms with Gasteiger partial charge in [0.15, 0.2) is 6.61 Å². The Hall–Kier alpha value is -3.03. The zero-order valence-corrected chi connectivity index (χ0v) is 16.1. The number of benzene rings is 1. The van der Waals surface area contributed by atoms with E-state index in [4.69, 9.17) is 4.74 Å². The van der Waals surface area contributed by atoms with E-state index >= 15 is 0 Å². The molecule has 1 aliphatic carbocycles. The molecule has 0 radical (unpaired) electrons. The van der Waals surface area contributed by atoms with Crippen LogP contribution in [-0.4, -0.2) is 47.6 Å². The van der Waals surface area contributed by atoms with Crippen LogP contribution in [0.4, 0.5) is 0 Å². The van der Waals surface area contributed by atoms with Crippen LogP contribution in [0.3, 0.4) is 0 Å². The molecule has 1 saturated carbocycles. The quantitative estimate of drug-likeness (QED) is 0.540. The van der Waals surface area contributed by atoms with Gasteiger partial charge in [0.05, 0.1) is 24.7 Å². The number of rotatable bonds is 7. The van der Waals surface area contributed by atoms with Crippen molar-refractivity contribution < 1.29 is 28.7 Å². The summed E-state index contributed by atoms with van der Waals surface area (Å²) >= 11 is 0. The van der Waals surface area contributed by atoms with E-state index in [0.717, 1.165) is 23.3 Å². The maximum atomic E-state index is 12.4. The number of esters is 1. The Morgan fingerprint density at radius 2 is 1.59 bits per heavy atom. The monoisotopic (exact) mass is 400 g/mol. The number of nitrogens with zero attached hydrogens (tertiary/aromatic N) is 1. The fourth-order valence-corrected chi connectivity index (χ4v) is 3.89. The number of carbonyl (C=O) groups is 5. The third-order valence-electron chi connectivity index (χ3n) is 5.32. The van der Waals surface area contributed by atoms with Gasteiger partial charge in [-0.15, -0.1) is 0 Å². The SMILES string of the molecule is O=C(COC(=O)CCN1C(=O)C2CCCCC2C1=O)NC(=O)Cc1ccccc1. The van der Waals surface area contributed by atoms with Crippen molar-refractivity contribution in [3.63, 3.8) is 0 Å². The highest BCUT2D eigenvalue weighted by Gasteiger charge is 2.47. The van der Waals surface area contributed by atoms with Gasteiger partial charge in [0.1, 0.15) is 0 Å². The normalized spacial score (nSPS) is 20.9. The zero-order valence-electron chi connectivity index (χ0n) is 16.1. The molecule has 1 aromatic carbocycles. The number of nitrogens with one attached hydrogen (secondary N) is 1. The maximum absolute atomic E-state index is 12.4. The Labute approximate surface area is 168 Å². The van der Waals surface area contributed by atoms with E-state index in [0.29, 0.717) is 12.8 Å². The van der Waals surface area contributed by atoms with Gasteiger partial charge in [-0.3, -0.25) is 34.2 Å². The number of hydrogen-bond donors (Lipinski definition) is 1. The molecule has 0 bridgehead atoms. The molecule has 2 aliphatic rings. The van der Waals surface area contributed by atoms with Crippen LogP contribution in [0.1, 0.15) is 37.7 Å². The van der Waals surface area contributed by atoms with Gasteiger partial charge in [-0.05, 0) is 18.4 Å². The predicted octanol–water partition coefficient (Wildman–Crippen LogP) is 0.980. The summed E-state index contributed by atoms with van der Waals surface area (Å²) in [4.78, 5) is 61.3. The topological polar surface area (TPSA) is 110 Å². The van der Waals surface area contributed by atoms with Crippen LogP contribution in [0.2, 0.25) is 0 Å². The highest BCUT2D eigenvalue weighted by atomic mass is 16.5. The standard InChI is InChI=1S/C21H24N2O6/c24-17(12-14-6-2-1-3-7-14)22-18(25)13-29-19(26)10-11-23-20(27)15-8-4-5-9-16(15)21(23)28/h1-3,6-7,15-16H,4-5,8-13H2,(H,22,24,25). The van der Waals surface area contributed by atoms with E-state index in [1.165, 1.54) is 0 Å². The molecule has 8 heteroatoms. The zero-order chi connectivity index (χ0) is 20.8. The second-order valence-electron chi connectivity index (χ2n) is 7.37. The average Bonchev–Trinajstić information content (AvgIpc) is 2.96.